The van der Waals surface area contributed by atoms with Gasteiger partial charge in [0.25, 0.3) is 0 Å². The molecule has 0 bridgehead atoms. The Balaban J connectivity index is 0.00000210. The Labute approximate surface area is 165 Å². The highest BCUT2D eigenvalue weighted by atomic mass is 35.5. The molecule has 1 saturated heterocycles. The van der Waals surface area contributed by atoms with Crippen molar-refractivity contribution in [2.24, 2.45) is 0 Å². The summed E-state index contributed by atoms with van der Waals surface area (Å²) >= 11 is 0. The lowest BCUT2D eigenvalue weighted by atomic mass is 10.2. The van der Waals surface area contributed by atoms with Gasteiger partial charge in [0.05, 0.1) is 17.6 Å². The molecule has 2 aromatic carbocycles. The van der Waals surface area contributed by atoms with E-state index in [0.717, 1.165) is 42.1 Å². The lowest BCUT2D eigenvalue weighted by Gasteiger charge is -2.17. The highest BCUT2D eigenvalue weighted by molar-refractivity contribution is 5.85. The summed E-state index contributed by atoms with van der Waals surface area (Å²) in [6.45, 7) is 3.48. The van der Waals surface area contributed by atoms with Crippen LogP contribution in [0.3, 0.4) is 0 Å². The number of aliphatic hydroxyl groups excluding tert-OH is 1. The molecule has 1 aliphatic heterocycles. The second-order valence-electron chi connectivity index (χ2n) is 6.85. The lowest BCUT2D eigenvalue weighted by Crippen LogP contribution is -2.25. The molecule has 4 rings (SSSR count). The Morgan fingerprint density at radius 2 is 2.00 bits per heavy atom. The number of halogens is 1. The van der Waals surface area contributed by atoms with Gasteiger partial charge in [-0.15, -0.1) is 12.4 Å². The van der Waals surface area contributed by atoms with Crippen molar-refractivity contribution < 1.29 is 14.6 Å². The van der Waals surface area contributed by atoms with Crippen LogP contribution in [0.4, 0.5) is 0 Å². The van der Waals surface area contributed by atoms with Gasteiger partial charge in [-0.05, 0) is 44.0 Å². The van der Waals surface area contributed by atoms with Crippen molar-refractivity contribution >= 4 is 23.4 Å². The van der Waals surface area contributed by atoms with E-state index in [0.29, 0.717) is 6.54 Å². The van der Waals surface area contributed by atoms with Crippen LogP contribution in [0.15, 0.2) is 48.5 Å². The monoisotopic (exact) mass is 388 g/mol. The maximum Gasteiger partial charge on any atom is 0.139 e. The number of aliphatic hydroxyl groups is 1. The van der Waals surface area contributed by atoms with E-state index in [4.69, 9.17) is 14.5 Å². The van der Waals surface area contributed by atoms with Crippen LogP contribution >= 0.6 is 12.4 Å². The van der Waals surface area contributed by atoms with E-state index >= 15 is 0 Å². The molecule has 2 unspecified atom stereocenters. The average Bonchev–Trinajstić information content (AvgIpc) is 3.30. The highest BCUT2D eigenvalue weighted by Gasteiger charge is 2.25. The van der Waals surface area contributed by atoms with Crippen LogP contribution in [-0.4, -0.2) is 34.0 Å². The molecule has 1 fully saturated rings. The molecule has 0 spiro atoms. The predicted octanol–water partition coefficient (Wildman–Crippen LogP) is 4.06. The van der Waals surface area contributed by atoms with Gasteiger partial charge in [0.15, 0.2) is 0 Å². The largest absolute Gasteiger partial charge is 0.491 e. The zero-order valence-electron chi connectivity index (χ0n) is 15.4. The van der Waals surface area contributed by atoms with Crippen LogP contribution in [0, 0.1) is 6.92 Å². The summed E-state index contributed by atoms with van der Waals surface area (Å²) in [5.74, 6) is 1.67. The normalized spacial score (nSPS) is 17.6. The van der Waals surface area contributed by atoms with Crippen LogP contribution in [0.1, 0.15) is 30.3 Å². The molecule has 0 amide bonds. The van der Waals surface area contributed by atoms with E-state index in [2.05, 4.69) is 4.57 Å². The summed E-state index contributed by atoms with van der Waals surface area (Å²) in [6.07, 6.45) is 1.40. The summed E-state index contributed by atoms with van der Waals surface area (Å²) < 4.78 is 13.6. The van der Waals surface area contributed by atoms with Gasteiger partial charge >= 0.3 is 0 Å². The number of imidazole rings is 1. The quantitative estimate of drug-likeness (QED) is 0.691. The minimum atomic E-state index is -0.630. The number of aryl methyl sites for hydroxylation is 1. The summed E-state index contributed by atoms with van der Waals surface area (Å²) in [6, 6.07) is 15.9. The first-order chi connectivity index (χ1) is 12.7. The van der Waals surface area contributed by atoms with Gasteiger partial charge in [0, 0.05) is 6.61 Å². The number of hydrogen-bond acceptors (Lipinski definition) is 4. The molecule has 3 aromatic rings. The first-order valence-electron chi connectivity index (χ1n) is 9.15. The number of aromatic nitrogens is 2. The third-order valence-corrected chi connectivity index (χ3v) is 4.76. The fourth-order valence-electron chi connectivity index (χ4n) is 3.40. The standard InChI is InChI=1S/C21H24N2O3.ClH/c1-15-8-10-17(11-9-15)26-14-16(24)13-23-19-6-3-2-5-18(19)22-21(23)20-7-4-12-25-20;/h2-3,5-6,8-11,16,20,24H,4,7,12-14H2,1H3;1H. The molecule has 1 N–H and O–H groups in total. The third kappa shape index (κ3) is 4.43. The molecule has 2 heterocycles. The van der Waals surface area contributed by atoms with Crippen molar-refractivity contribution in [3.05, 3.63) is 59.9 Å². The number of rotatable bonds is 6. The Morgan fingerprint density at radius 3 is 2.74 bits per heavy atom. The minimum absolute atomic E-state index is 0. The summed E-state index contributed by atoms with van der Waals surface area (Å²) in [5, 5.41) is 10.5. The molecule has 6 heteroatoms. The van der Waals surface area contributed by atoms with E-state index < -0.39 is 6.10 Å². The smallest absolute Gasteiger partial charge is 0.139 e. The van der Waals surface area contributed by atoms with Crippen LogP contribution in [0.25, 0.3) is 11.0 Å². The molecule has 0 saturated carbocycles. The van der Waals surface area contributed by atoms with Crippen molar-refractivity contribution in [3.63, 3.8) is 0 Å². The fraction of sp³-hybridized carbons (Fsp3) is 0.381. The van der Waals surface area contributed by atoms with Gasteiger partial charge in [0.1, 0.15) is 30.4 Å². The highest BCUT2D eigenvalue weighted by Crippen LogP contribution is 2.30. The van der Waals surface area contributed by atoms with E-state index in [1.807, 2.05) is 55.5 Å². The zero-order chi connectivity index (χ0) is 17.9. The summed E-state index contributed by atoms with van der Waals surface area (Å²) in [5.41, 5.74) is 3.14. The van der Waals surface area contributed by atoms with Crippen LogP contribution in [0.5, 0.6) is 5.75 Å². The van der Waals surface area contributed by atoms with Gasteiger partial charge in [-0.3, -0.25) is 0 Å². The maximum absolute atomic E-state index is 10.5. The van der Waals surface area contributed by atoms with E-state index in [1.165, 1.54) is 5.56 Å². The lowest BCUT2D eigenvalue weighted by molar-refractivity contribution is 0.0806. The Kier molecular flexibility index (Phi) is 6.37. The molecule has 1 aromatic heterocycles. The second kappa shape index (κ2) is 8.74. The number of ether oxygens (including phenoxy) is 2. The summed E-state index contributed by atoms with van der Waals surface area (Å²) in [7, 11) is 0. The van der Waals surface area contributed by atoms with Crippen molar-refractivity contribution in [2.75, 3.05) is 13.2 Å². The predicted molar refractivity (Wildman–Crippen MR) is 108 cm³/mol. The molecule has 2 atom stereocenters. The number of fused-ring (bicyclic) bond motifs is 1. The van der Waals surface area contributed by atoms with Crippen LogP contribution < -0.4 is 4.74 Å². The maximum atomic E-state index is 10.5. The number of nitrogens with zero attached hydrogens (tertiary/aromatic N) is 2. The molecule has 1 aliphatic rings. The van der Waals surface area contributed by atoms with Gasteiger partial charge in [-0.1, -0.05) is 29.8 Å². The summed E-state index contributed by atoms with van der Waals surface area (Å²) in [4.78, 5) is 4.76. The van der Waals surface area contributed by atoms with E-state index in [9.17, 15) is 5.11 Å². The second-order valence-corrected chi connectivity index (χ2v) is 6.85. The van der Waals surface area contributed by atoms with Crippen LogP contribution in [-0.2, 0) is 11.3 Å². The van der Waals surface area contributed by atoms with Crippen molar-refractivity contribution in [3.8, 4) is 5.75 Å². The molecule has 0 radical (unpaired) electrons. The van der Waals surface area contributed by atoms with Crippen molar-refractivity contribution in [1.29, 1.82) is 0 Å². The van der Waals surface area contributed by atoms with Crippen molar-refractivity contribution in [1.82, 2.24) is 9.55 Å². The average molecular weight is 389 g/mol. The minimum Gasteiger partial charge on any atom is -0.491 e. The molecule has 5 nitrogen and oxygen atoms in total. The number of hydrogen-bond donors (Lipinski definition) is 1. The van der Waals surface area contributed by atoms with Gasteiger partial charge in [-0.25, -0.2) is 4.98 Å². The molecule has 0 aliphatic carbocycles. The van der Waals surface area contributed by atoms with Crippen molar-refractivity contribution in [2.45, 2.75) is 38.5 Å². The molecule has 144 valence electrons. The fourth-order valence-corrected chi connectivity index (χ4v) is 3.40. The van der Waals surface area contributed by atoms with Gasteiger partial charge < -0.3 is 19.1 Å². The first kappa shape index (κ1) is 19.7. The zero-order valence-corrected chi connectivity index (χ0v) is 16.2. The number of benzene rings is 2. The SMILES string of the molecule is Cc1ccc(OCC(O)Cn2c(C3CCCO3)nc3ccccc32)cc1.Cl. The molecular weight excluding hydrogens is 364 g/mol. The van der Waals surface area contributed by atoms with Gasteiger partial charge in [0.2, 0.25) is 0 Å². The molecular formula is C21H25ClN2O3. The number of para-hydroxylation sites is 2. The first-order valence-corrected chi connectivity index (χ1v) is 9.15. The Morgan fingerprint density at radius 1 is 1.22 bits per heavy atom. The van der Waals surface area contributed by atoms with E-state index in [1.54, 1.807) is 0 Å². The van der Waals surface area contributed by atoms with Gasteiger partial charge in [-0.2, -0.15) is 0 Å². The third-order valence-electron chi connectivity index (χ3n) is 4.76. The topological polar surface area (TPSA) is 56.5 Å². The van der Waals surface area contributed by atoms with Crippen LogP contribution in [0.2, 0.25) is 0 Å². The van der Waals surface area contributed by atoms with E-state index in [-0.39, 0.29) is 25.1 Å². The molecule has 27 heavy (non-hydrogen) atoms. The Bertz CT molecular complexity index is 873. The Hall–Kier alpha value is -2.08.